The smallest absolute Gasteiger partial charge is 0.255 e. The molecule has 0 atom stereocenters. The lowest BCUT2D eigenvalue weighted by Crippen LogP contribution is -2.34. The van der Waals surface area contributed by atoms with Crippen molar-refractivity contribution in [3.63, 3.8) is 0 Å². The fraction of sp³-hybridized carbons (Fsp3) is 0.360. The molecule has 4 heteroatoms. The van der Waals surface area contributed by atoms with Crippen molar-refractivity contribution in [1.29, 1.82) is 0 Å². The molecule has 2 aromatic rings. The van der Waals surface area contributed by atoms with E-state index in [2.05, 4.69) is 45.1 Å². The van der Waals surface area contributed by atoms with E-state index in [0.717, 1.165) is 24.5 Å². The molecule has 3 rings (SSSR count). The summed E-state index contributed by atoms with van der Waals surface area (Å²) in [6.45, 7) is 11.0. The maximum atomic E-state index is 13.0. The SMILES string of the molecule is Cc1cc2c(cc1C(=O)Nc1cccc(/C=C/C(=O)[O-])c1)C(C)(C)CCC2(C)C. The standard InChI is InChI=1S/C25H29NO3/c1-16-13-20-21(25(4,5)12-11-24(20,2)3)15-19(16)23(29)26-18-8-6-7-17(14-18)9-10-22(27)28/h6-10,13-15H,11-12H2,1-5H3,(H,26,29)(H,27,28)/p-1/b10-9+. The van der Waals surface area contributed by atoms with E-state index in [1.54, 1.807) is 24.3 Å². The lowest BCUT2D eigenvalue weighted by atomic mass is 9.62. The molecule has 0 saturated heterocycles. The van der Waals surface area contributed by atoms with Gasteiger partial charge in [-0.15, -0.1) is 0 Å². The van der Waals surface area contributed by atoms with Gasteiger partial charge in [-0.1, -0.05) is 52.0 Å². The Labute approximate surface area is 172 Å². The van der Waals surface area contributed by atoms with Crippen LogP contribution in [-0.2, 0) is 15.6 Å². The van der Waals surface area contributed by atoms with Crippen LogP contribution in [0.25, 0.3) is 6.08 Å². The quantitative estimate of drug-likeness (QED) is 0.789. The number of hydrogen-bond donors (Lipinski definition) is 1. The van der Waals surface area contributed by atoms with Gasteiger partial charge in [-0.2, -0.15) is 0 Å². The molecule has 0 bridgehead atoms. The molecule has 0 unspecified atom stereocenters. The van der Waals surface area contributed by atoms with Gasteiger partial charge in [0.05, 0.1) is 5.97 Å². The Bertz CT molecular complexity index is 999. The summed E-state index contributed by atoms with van der Waals surface area (Å²) in [5, 5.41) is 13.6. The monoisotopic (exact) mass is 390 g/mol. The molecule has 0 radical (unpaired) electrons. The van der Waals surface area contributed by atoms with Crippen LogP contribution in [0.2, 0.25) is 0 Å². The zero-order valence-corrected chi connectivity index (χ0v) is 17.8. The van der Waals surface area contributed by atoms with E-state index in [-0.39, 0.29) is 16.7 Å². The average molecular weight is 391 g/mol. The van der Waals surface area contributed by atoms with E-state index in [9.17, 15) is 14.7 Å². The van der Waals surface area contributed by atoms with Crippen LogP contribution in [0, 0.1) is 6.92 Å². The number of anilines is 1. The van der Waals surface area contributed by atoms with E-state index in [1.807, 2.05) is 6.92 Å². The minimum absolute atomic E-state index is 0.0309. The molecule has 0 heterocycles. The topological polar surface area (TPSA) is 69.2 Å². The molecule has 0 fully saturated rings. The first-order valence-electron chi connectivity index (χ1n) is 9.96. The van der Waals surface area contributed by atoms with E-state index >= 15 is 0 Å². The summed E-state index contributed by atoms with van der Waals surface area (Å²) >= 11 is 0. The Hall–Kier alpha value is -2.88. The largest absolute Gasteiger partial charge is 0.545 e. The number of rotatable bonds is 4. The van der Waals surface area contributed by atoms with Crippen LogP contribution in [0.1, 0.15) is 73.1 Å². The molecular formula is C25H28NO3-. The lowest BCUT2D eigenvalue weighted by molar-refractivity contribution is -0.297. The van der Waals surface area contributed by atoms with Crippen molar-refractivity contribution in [1.82, 2.24) is 0 Å². The fourth-order valence-electron chi connectivity index (χ4n) is 4.05. The maximum Gasteiger partial charge on any atom is 0.255 e. The van der Waals surface area contributed by atoms with Crippen LogP contribution in [-0.4, -0.2) is 11.9 Å². The Morgan fingerprint density at radius 3 is 2.24 bits per heavy atom. The summed E-state index contributed by atoms with van der Waals surface area (Å²) in [5.74, 6) is -1.42. The minimum atomic E-state index is -1.25. The number of hydrogen-bond acceptors (Lipinski definition) is 3. The first-order valence-corrected chi connectivity index (χ1v) is 9.96. The van der Waals surface area contributed by atoms with Crippen molar-refractivity contribution >= 4 is 23.6 Å². The second kappa shape index (κ2) is 7.51. The number of aryl methyl sites for hydroxylation is 1. The second-order valence-corrected chi connectivity index (χ2v) is 9.21. The van der Waals surface area contributed by atoms with Crippen molar-refractivity contribution < 1.29 is 14.7 Å². The highest BCUT2D eigenvalue weighted by Crippen LogP contribution is 2.46. The second-order valence-electron chi connectivity index (χ2n) is 9.21. The van der Waals surface area contributed by atoms with Gasteiger partial charge in [0.25, 0.3) is 5.91 Å². The van der Waals surface area contributed by atoms with Crippen molar-refractivity contribution in [3.8, 4) is 0 Å². The summed E-state index contributed by atoms with van der Waals surface area (Å²) in [6.07, 6.45) is 4.63. The molecule has 0 aliphatic heterocycles. The van der Waals surface area contributed by atoms with Crippen molar-refractivity contribution in [2.45, 2.75) is 58.3 Å². The average Bonchev–Trinajstić information content (AvgIpc) is 2.64. The van der Waals surface area contributed by atoms with Crippen molar-refractivity contribution in [2.24, 2.45) is 0 Å². The molecule has 0 aromatic heterocycles. The minimum Gasteiger partial charge on any atom is -0.545 e. The van der Waals surface area contributed by atoms with Crippen LogP contribution >= 0.6 is 0 Å². The van der Waals surface area contributed by atoms with Crippen LogP contribution in [0.5, 0.6) is 0 Å². The summed E-state index contributed by atoms with van der Waals surface area (Å²) in [5.41, 5.74) is 5.63. The van der Waals surface area contributed by atoms with Gasteiger partial charge in [-0.05, 0) is 77.1 Å². The van der Waals surface area contributed by atoms with Crippen molar-refractivity contribution in [2.75, 3.05) is 5.32 Å². The van der Waals surface area contributed by atoms with Gasteiger partial charge < -0.3 is 15.2 Å². The molecule has 29 heavy (non-hydrogen) atoms. The third-order valence-electron chi connectivity index (χ3n) is 6.00. The molecule has 0 spiro atoms. The normalized spacial score (nSPS) is 17.0. The Morgan fingerprint density at radius 1 is 1.00 bits per heavy atom. The van der Waals surface area contributed by atoms with Crippen LogP contribution in [0.4, 0.5) is 5.69 Å². The van der Waals surface area contributed by atoms with E-state index in [0.29, 0.717) is 16.8 Å². The molecule has 1 N–H and O–H groups in total. The van der Waals surface area contributed by atoms with E-state index in [4.69, 9.17) is 0 Å². The highest BCUT2D eigenvalue weighted by molar-refractivity contribution is 6.05. The number of carbonyl (C=O) groups is 2. The molecular weight excluding hydrogens is 362 g/mol. The Kier molecular flexibility index (Phi) is 5.40. The van der Waals surface area contributed by atoms with Gasteiger partial charge >= 0.3 is 0 Å². The van der Waals surface area contributed by atoms with Crippen LogP contribution in [0.3, 0.4) is 0 Å². The first-order chi connectivity index (χ1) is 13.5. The third kappa shape index (κ3) is 4.42. The number of benzene rings is 2. The molecule has 2 aromatic carbocycles. The van der Waals surface area contributed by atoms with Gasteiger partial charge in [0.15, 0.2) is 0 Å². The van der Waals surface area contributed by atoms with Gasteiger partial charge in [0.2, 0.25) is 0 Å². The molecule has 152 valence electrons. The van der Waals surface area contributed by atoms with E-state index < -0.39 is 5.97 Å². The fourth-order valence-corrected chi connectivity index (χ4v) is 4.05. The molecule has 0 saturated carbocycles. The van der Waals surface area contributed by atoms with Crippen LogP contribution in [0.15, 0.2) is 42.5 Å². The van der Waals surface area contributed by atoms with Crippen LogP contribution < -0.4 is 10.4 Å². The predicted octanol–water partition coefficient (Wildman–Crippen LogP) is 4.36. The van der Waals surface area contributed by atoms with Gasteiger partial charge in [-0.3, -0.25) is 4.79 Å². The highest BCUT2D eigenvalue weighted by Gasteiger charge is 2.37. The summed E-state index contributed by atoms with van der Waals surface area (Å²) in [6, 6.07) is 11.3. The van der Waals surface area contributed by atoms with Gasteiger partial charge in [0, 0.05) is 11.3 Å². The number of carboxylic acid groups (broad SMARTS) is 1. The summed E-state index contributed by atoms with van der Waals surface area (Å²) in [7, 11) is 0. The Morgan fingerprint density at radius 2 is 1.62 bits per heavy atom. The highest BCUT2D eigenvalue weighted by atomic mass is 16.4. The summed E-state index contributed by atoms with van der Waals surface area (Å²) in [4.78, 5) is 23.6. The number of carbonyl (C=O) groups excluding carboxylic acids is 2. The molecule has 1 amide bonds. The summed E-state index contributed by atoms with van der Waals surface area (Å²) < 4.78 is 0. The zero-order chi connectivity index (χ0) is 21.4. The van der Waals surface area contributed by atoms with Crippen molar-refractivity contribution in [3.05, 3.63) is 70.3 Å². The molecule has 1 aliphatic rings. The number of fused-ring (bicyclic) bond motifs is 1. The third-order valence-corrected chi connectivity index (χ3v) is 6.00. The molecule has 4 nitrogen and oxygen atoms in total. The zero-order valence-electron chi connectivity index (χ0n) is 17.8. The first kappa shape index (κ1) is 20.8. The number of aliphatic carboxylic acids is 1. The lowest BCUT2D eigenvalue weighted by Gasteiger charge is -2.42. The number of carboxylic acids is 1. The Balaban J connectivity index is 1.93. The van der Waals surface area contributed by atoms with E-state index in [1.165, 1.54) is 17.2 Å². The number of nitrogens with one attached hydrogen (secondary N) is 1. The molecule has 1 aliphatic carbocycles. The van der Waals surface area contributed by atoms with Gasteiger partial charge in [-0.25, -0.2) is 0 Å². The predicted molar refractivity (Wildman–Crippen MR) is 115 cm³/mol. The maximum absolute atomic E-state index is 13.0. The van der Waals surface area contributed by atoms with Gasteiger partial charge in [0.1, 0.15) is 0 Å². The number of amides is 1.